The Balaban J connectivity index is 1.11. The second-order valence-corrected chi connectivity index (χ2v) is 14.7. The van der Waals surface area contributed by atoms with E-state index in [4.69, 9.17) is 14.4 Å². The minimum Gasteiger partial charge on any atom is -0.456 e. The lowest BCUT2D eigenvalue weighted by Gasteiger charge is -2.34. The van der Waals surface area contributed by atoms with Gasteiger partial charge in [0.05, 0.1) is 5.71 Å². The molecule has 0 amide bonds. The smallest absolute Gasteiger partial charge is 0.161 e. The molecule has 6 aromatic rings. The third kappa shape index (κ3) is 4.43. The van der Waals surface area contributed by atoms with E-state index in [2.05, 4.69) is 122 Å². The molecule has 0 spiro atoms. The molecule has 10 rings (SSSR count). The van der Waals surface area contributed by atoms with Crippen molar-refractivity contribution in [1.82, 2.24) is 0 Å². The molecule has 0 N–H and O–H groups in total. The van der Waals surface area contributed by atoms with Gasteiger partial charge < -0.3 is 9.32 Å². The molecule has 0 radical (unpaired) electrons. The van der Waals surface area contributed by atoms with Gasteiger partial charge >= 0.3 is 0 Å². The van der Waals surface area contributed by atoms with Gasteiger partial charge in [0.15, 0.2) is 5.84 Å². The Kier molecular flexibility index (Phi) is 6.40. The van der Waals surface area contributed by atoms with Crippen LogP contribution in [0.2, 0.25) is 0 Å². The van der Waals surface area contributed by atoms with Gasteiger partial charge in [0.1, 0.15) is 17.0 Å². The molecule has 4 nitrogen and oxygen atoms in total. The predicted octanol–water partition coefficient (Wildman–Crippen LogP) is 11.3. The van der Waals surface area contributed by atoms with Crippen LogP contribution in [0.3, 0.4) is 0 Å². The Morgan fingerprint density at radius 3 is 2.41 bits per heavy atom. The van der Waals surface area contributed by atoms with Crippen LogP contribution in [-0.4, -0.2) is 17.6 Å². The third-order valence-corrected chi connectivity index (χ3v) is 11.6. The van der Waals surface area contributed by atoms with Crippen LogP contribution in [0.25, 0.3) is 33.1 Å². The van der Waals surface area contributed by atoms with Crippen molar-refractivity contribution in [3.63, 3.8) is 0 Å². The number of amidine groups is 1. The summed E-state index contributed by atoms with van der Waals surface area (Å²) in [6.45, 7) is 4.79. The lowest BCUT2D eigenvalue weighted by Crippen LogP contribution is -2.35. The molecule has 5 aromatic carbocycles. The number of hydrogen-bond acceptors (Lipinski definition) is 4. The van der Waals surface area contributed by atoms with Crippen molar-refractivity contribution in [2.75, 3.05) is 4.90 Å². The lowest BCUT2D eigenvalue weighted by atomic mass is 9.78. The minimum atomic E-state index is -0.00677. The highest BCUT2D eigenvalue weighted by molar-refractivity contribution is 6.15. The van der Waals surface area contributed by atoms with Crippen molar-refractivity contribution < 1.29 is 4.42 Å². The summed E-state index contributed by atoms with van der Waals surface area (Å²) in [4.78, 5) is 13.5. The molecule has 1 fully saturated rings. The van der Waals surface area contributed by atoms with E-state index in [-0.39, 0.29) is 5.41 Å². The zero-order chi connectivity index (χ0) is 32.7. The number of para-hydroxylation sites is 1. The summed E-state index contributed by atoms with van der Waals surface area (Å²) in [5.41, 5.74) is 13.4. The molecule has 0 bridgehead atoms. The molecule has 4 heteroatoms. The fraction of sp³-hybridized carbons (Fsp3) is 0.244. The first-order valence-corrected chi connectivity index (χ1v) is 18.0. The molecule has 2 atom stereocenters. The van der Waals surface area contributed by atoms with Crippen LogP contribution in [0.15, 0.2) is 135 Å². The van der Waals surface area contributed by atoms with Crippen LogP contribution in [0, 0.1) is 0 Å². The van der Waals surface area contributed by atoms with E-state index < -0.39 is 0 Å². The molecule has 1 unspecified atom stereocenters. The molecule has 0 saturated heterocycles. The summed E-state index contributed by atoms with van der Waals surface area (Å²) in [6, 6.07) is 39.8. The maximum absolute atomic E-state index is 6.28. The van der Waals surface area contributed by atoms with Crippen LogP contribution in [0.4, 0.5) is 5.69 Å². The Bertz CT molecular complexity index is 2390. The van der Waals surface area contributed by atoms with Crippen LogP contribution >= 0.6 is 0 Å². The zero-order valence-electron chi connectivity index (χ0n) is 28.1. The van der Waals surface area contributed by atoms with Crippen molar-refractivity contribution in [1.29, 1.82) is 0 Å². The summed E-state index contributed by atoms with van der Waals surface area (Å²) in [7, 11) is 0. The van der Waals surface area contributed by atoms with Gasteiger partial charge in [0.25, 0.3) is 0 Å². The van der Waals surface area contributed by atoms with E-state index in [0.29, 0.717) is 12.0 Å². The monoisotopic (exact) mass is 637 g/mol. The molecule has 240 valence electrons. The predicted molar refractivity (Wildman–Crippen MR) is 202 cm³/mol. The highest BCUT2D eigenvalue weighted by atomic mass is 16.3. The zero-order valence-corrected chi connectivity index (χ0v) is 28.1. The average Bonchev–Trinajstić information content (AvgIpc) is 3.73. The van der Waals surface area contributed by atoms with E-state index in [1.165, 1.54) is 59.2 Å². The van der Waals surface area contributed by atoms with Gasteiger partial charge in [-0.15, -0.1) is 0 Å². The summed E-state index contributed by atoms with van der Waals surface area (Å²) >= 11 is 0. The summed E-state index contributed by atoms with van der Waals surface area (Å²) < 4.78 is 6.28. The number of rotatable bonds is 3. The van der Waals surface area contributed by atoms with E-state index in [0.717, 1.165) is 63.3 Å². The number of anilines is 1. The quantitative estimate of drug-likeness (QED) is 0.194. The van der Waals surface area contributed by atoms with E-state index in [1.807, 2.05) is 12.1 Å². The van der Waals surface area contributed by atoms with E-state index >= 15 is 0 Å². The number of benzene rings is 5. The standard InChI is InChI=1S/C45H39N3O/c1-45(2)36-18-9-6-15-30(36)34-27-40-35(26-37(34)45)31-16-7-10-20-39(31)48(40)43-22-12-19-38(46-44(47-43)28-13-4-3-5-14-28)29-23-24-33-32-17-8-11-21-41(32)49-42(33)25-29/h3-6,8-9,11,13-15,17-18,21-27,31,39H,7,10,12,16,19-20H2,1-2H3/t31?,39-/m0/s1. The second kappa shape index (κ2) is 10.9. The van der Waals surface area contributed by atoms with Gasteiger partial charge in [0, 0.05) is 39.4 Å². The fourth-order valence-electron chi connectivity index (χ4n) is 9.20. The number of furan rings is 1. The lowest BCUT2D eigenvalue weighted by molar-refractivity contribution is 0.396. The normalized spacial score (nSPS) is 20.9. The number of hydrogen-bond donors (Lipinski definition) is 0. The van der Waals surface area contributed by atoms with Crippen LogP contribution in [0.5, 0.6) is 0 Å². The summed E-state index contributed by atoms with van der Waals surface area (Å²) in [6.07, 6.45) is 9.02. The van der Waals surface area contributed by atoms with Crippen LogP contribution in [0.1, 0.15) is 86.1 Å². The third-order valence-electron chi connectivity index (χ3n) is 11.6. The Hall–Kier alpha value is -5.22. The molecule has 1 aromatic heterocycles. The maximum atomic E-state index is 6.28. The van der Waals surface area contributed by atoms with E-state index in [9.17, 15) is 0 Å². The van der Waals surface area contributed by atoms with Gasteiger partial charge in [-0.1, -0.05) is 112 Å². The molecule has 3 heterocycles. The number of allylic oxidation sites excluding steroid dienone is 1. The van der Waals surface area contributed by atoms with Crippen molar-refractivity contribution in [2.45, 2.75) is 69.7 Å². The average molecular weight is 638 g/mol. The van der Waals surface area contributed by atoms with Gasteiger partial charge in [-0.25, -0.2) is 9.98 Å². The highest BCUT2D eigenvalue weighted by Crippen LogP contribution is 2.56. The fourth-order valence-corrected chi connectivity index (χ4v) is 9.20. The van der Waals surface area contributed by atoms with Crippen molar-refractivity contribution in [2.24, 2.45) is 9.98 Å². The number of nitrogens with zero attached hydrogens (tertiary/aromatic N) is 3. The van der Waals surface area contributed by atoms with Crippen molar-refractivity contribution in [3.8, 4) is 11.1 Å². The molecule has 2 aliphatic heterocycles. The molecule has 2 aliphatic carbocycles. The first-order valence-electron chi connectivity index (χ1n) is 18.0. The highest BCUT2D eigenvalue weighted by Gasteiger charge is 2.45. The van der Waals surface area contributed by atoms with Gasteiger partial charge in [-0.05, 0) is 89.4 Å². The first-order chi connectivity index (χ1) is 24.0. The second-order valence-electron chi connectivity index (χ2n) is 14.7. The molecular formula is C45H39N3O. The molecule has 49 heavy (non-hydrogen) atoms. The maximum Gasteiger partial charge on any atom is 0.161 e. The van der Waals surface area contributed by atoms with Gasteiger partial charge in [0.2, 0.25) is 0 Å². The Morgan fingerprint density at radius 1 is 0.694 bits per heavy atom. The van der Waals surface area contributed by atoms with Crippen LogP contribution in [-0.2, 0) is 5.41 Å². The SMILES string of the molecule is CC1(C)c2ccccc2-c2cc3c(cc21)C1CCCC[C@@H]1N3C1=CCCC(c2ccc3c(c2)oc2ccccc23)=NC(c2ccccc2)=N1. The van der Waals surface area contributed by atoms with Crippen molar-refractivity contribution in [3.05, 3.63) is 149 Å². The van der Waals surface area contributed by atoms with Crippen molar-refractivity contribution >= 4 is 39.2 Å². The van der Waals surface area contributed by atoms with E-state index in [1.54, 1.807) is 0 Å². The van der Waals surface area contributed by atoms with Gasteiger partial charge in [-0.2, -0.15) is 0 Å². The number of fused-ring (bicyclic) bond motifs is 9. The summed E-state index contributed by atoms with van der Waals surface area (Å²) in [5, 5.41) is 2.28. The molecular weight excluding hydrogens is 599 g/mol. The minimum absolute atomic E-state index is 0.00677. The number of aliphatic imine (C=N–C) groups is 2. The Morgan fingerprint density at radius 2 is 1.49 bits per heavy atom. The Labute approximate surface area is 287 Å². The molecule has 4 aliphatic rings. The van der Waals surface area contributed by atoms with Crippen LogP contribution < -0.4 is 4.90 Å². The summed E-state index contributed by atoms with van der Waals surface area (Å²) in [5.74, 6) is 2.32. The molecule has 1 saturated carbocycles. The topological polar surface area (TPSA) is 41.1 Å². The first kappa shape index (κ1) is 28.8. The van der Waals surface area contributed by atoms with Gasteiger partial charge in [-0.3, -0.25) is 0 Å². The largest absolute Gasteiger partial charge is 0.456 e.